The summed E-state index contributed by atoms with van der Waals surface area (Å²) in [5, 5.41) is 15.3. The van der Waals surface area contributed by atoms with Gasteiger partial charge in [-0.15, -0.1) is 0 Å². The van der Waals surface area contributed by atoms with Crippen LogP contribution < -0.4 is 4.74 Å². The zero-order valence-corrected chi connectivity index (χ0v) is 13.7. The number of aromatic nitrogens is 2. The third-order valence-electron chi connectivity index (χ3n) is 4.19. The van der Waals surface area contributed by atoms with Crippen molar-refractivity contribution < 1.29 is 14.5 Å². The molecule has 1 fully saturated rings. The van der Waals surface area contributed by atoms with E-state index in [0.29, 0.717) is 11.6 Å². The molecular weight excluding hydrogens is 334 g/mol. The molecule has 26 heavy (non-hydrogen) atoms. The van der Waals surface area contributed by atoms with Crippen LogP contribution in [-0.4, -0.2) is 20.7 Å². The lowest BCUT2D eigenvalue weighted by Crippen LogP contribution is -2.14. The number of esters is 1. The lowest BCUT2D eigenvalue weighted by Gasteiger charge is -2.07. The van der Waals surface area contributed by atoms with E-state index in [-0.39, 0.29) is 11.4 Å². The molecular formula is C19H15N3O4. The van der Waals surface area contributed by atoms with Crippen molar-refractivity contribution in [2.75, 3.05) is 0 Å². The maximum Gasteiger partial charge on any atom is 0.362 e. The van der Waals surface area contributed by atoms with E-state index in [9.17, 15) is 14.9 Å². The molecule has 1 aliphatic carbocycles. The van der Waals surface area contributed by atoms with Crippen LogP contribution in [0.1, 0.15) is 34.9 Å². The van der Waals surface area contributed by atoms with E-state index < -0.39 is 10.9 Å². The van der Waals surface area contributed by atoms with Crippen molar-refractivity contribution in [2.45, 2.75) is 18.8 Å². The van der Waals surface area contributed by atoms with Gasteiger partial charge in [-0.25, -0.2) is 9.48 Å². The second-order valence-electron chi connectivity index (χ2n) is 6.12. The number of carbonyl (C=O) groups is 1. The minimum absolute atomic E-state index is 0.0601. The van der Waals surface area contributed by atoms with Gasteiger partial charge in [-0.3, -0.25) is 10.1 Å². The third-order valence-corrected chi connectivity index (χ3v) is 4.19. The van der Waals surface area contributed by atoms with Crippen LogP contribution in [0.3, 0.4) is 0 Å². The predicted molar refractivity (Wildman–Crippen MR) is 93.6 cm³/mol. The summed E-state index contributed by atoms with van der Waals surface area (Å²) in [6.07, 6.45) is 2.14. The van der Waals surface area contributed by atoms with Crippen LogP contribution in [0.2, 0.25) is 0 Å². The van der Waals surface area contributed by atoms with Gasteiger partial charge in [0.15, 0.2) is 5.69 Å². The topological polar surface area (TPSA) is 87.3 Å². The molecule has 0 spiro atoms. The van der Waals surface area contributed by atoms with Gasteiger partial charge in [-0.1, -0.05) is 18.2 Å². The highest BCUT2D eigenvalue weighted by atomic mass is 16.6. The molecule has 1 aromatic heterocycles. The summed E-state index contributed by atoms with van der Waals surface area (Å²) >= 11 is 0. The van der Waals surface area contributed by atoms with Crippen molar-refractivity contribution in [3.05, 3.63) is 82.2 Å². The van der Waals surface area contributed by atoms with Gasteiger partial charge in [0.05, 0.1) is 16.3 Å². The number of benzene rings is 2. The average molecular weight is 349 g/mol. The number of carbonyl (C=O) groups excluding carboxylic acids is 1. The molecule has 0 atom stereocenters. The van der Waals surface area contributed by atoms with E-state index in [4.69, 9.17) is 4.74 Å². The molecule has 0 radical (unpaired) electrons. The molecule has 0 saturated heterocycles. The van der Waals surface area contributed by atoms with E-state index >= 15 is 0 Å². The molecule has 7 nitrogen and oxygen atoms in total. The monoisotopic (exact) mass is 349 g/mol. The molecule has 3 aromatic rings. The van der Waals surface area contributed by atoms with Crippen LogP contribution in [0.5, 0.6) is 5.75 Å². The van der Waals surface area contributed by atoms with Crippen LogP contribution in [0.4, 0.5) is 5.69 Å². The standard InChI is InChI=1S/C19H15N3O4/c23-19(26-16-10-8-15(9-11-16)22(24)25)18-12-17(13-6-7-13)20-21(18)14-4-2-1-3-5-14/h1-5,8-13H,6-7H2. The van der Waals surface area contributed by atoms with E-state index in [1.807, 2.05) is 30.3 Å². The van der Waals surface area contributed by atoms with E-state index in [0.717, 1.165) is 24.2 Å². The molecule has 1 aliphatic rings. The molecule has 1 heterocycles. The number of ether oxygens (including phenoxy) is 1. The van der Waals surface area contributed by atoms with Crippen molar-refractivity contribution >= 4 is 11.7 Å². The van der Waals surface area contributed by atoms with Crippen LogP contribution in [0.15, 0.2) is 60.7 Å². The van der Waals surface area contributed by atoms with Crippen molar-refractivity contribution in [2.24, 2.45) is 0 Å². The van der Waals surface area contributed by atoms with Crippen LogP contribution >= 0.6 is 0 Å². The summed E-state index contributed by atoms with van der Waals surface area (Å²) in [6, 6.07) is 16.5. The highest BCUT2D eigenvalue weighted by Crippen LogP contribution is 2.39. The Morgan fingerprint density at radius 2 is 1.81 bits per heavy atom. The first kappa shape index (κ1) is 16.0. The fourth-order valence-electron chi connectivity index (χ4n) is 2.68. The van der Waals surface area contributed by atoms with Crippen molar-refractivity contribution in [3.63, 3.8) is 0 Å². The molecule has 7 heteroatoms. The van der Waals surface area contributed by atoms with Gasteiger partial charge in [0.2, 0.25) is 0 Å². The fraction of sp³-hybridized carbons (Fsp3) is 0.158. The lowest BCUT2D eigenvalue weighted by atomic mass is 10.2. The van der Waals surface area contributed by atoms with E-state index in [2.05, 4.69) is 5.10 Å². The van der Waals surface area contributed by atoms with Crippen molar-refractivity contribution in [1.29, 1.82) is 0 Å². The summed E-state index contributed by atoms with van der Waals surface area (Å²) in [6.45, 7) is 0. The zero-order chi connectivity index (χ0) is 18.1. The van der Waals surface area contributed by atoms with Gasteiger partial charge in [-0.2, -0.15) is 5.10 Å². The maximum atomic E-state index is 12.7. The smallest absolute Gasteiger partial charge is 0.362 e. The van der Waals surface area contributed by atoms with Gasteiger partial charge < -0.3 is 4.74 Å². The Morgan fingerprint density at radius 3 is 2.42 bits per heavy atom. The van der Waals surface area contributed by atoms with Crippen molar-refractivity contribution in [1.82, 2.24) is 9.78 Å². The molecule has 0 N–H and O–H groups in total. The number of hydrogen-bond acceptors (Lipinski definition) is 5. The average Bonchev–Trinajstić information content (AvgIpc) is 3.41. The molecule has 0 bridgehead atoms. The first-order valence-electron chi connectivity index (χ1n) is 8.24. The first-order chi connectivity index (χ1) is 12.6. The third kappa shape index (κ3) is 3.19. The van der Waals surface area contributed by atoms with Gasteiger partial charge in [0.1, 0.15) is 5.75 Å². The normalized spacial score (nSPS) is 13.4. The SMILES string of the molecule is O=C(Oc1ccc([N+](=O)[O-])cc1)c1cc(C2CC2)nn1-c1ccccc1. The number of nitro groups is 1. The Kier molecular flexibility index (Phi) is 3.96. The summed E-state index contributed by atoms with van der Waals surface area (Å²) in [7, 11) is 0. The summed E-state index contributed by atoms with van der Waals surface area (Å²) < 4.78 is 6.97. The zero-order valence-electron chi connectivity index (χ0n) is 13.7. The number of nitrogens with zero attached hydrogens (tertiary/aromatic N) is 3. The summed E-state index contributed by atoms with van der Waals surface area (Å²) in [5.74, 6) is 0.0855. The second-order valence-corrected chi connectivity index (χ2v) is 6.12. The largest absolute Gasteiger partial charge is 0.422 e. The highest BCUT2D eigenvalue weighted by Gasteiger charge is 2.29. The van der Waals surface area contributed by atoms with Crippen LogP contribution in [-0.2, 0) is 0 Å². The maximum absolute atomic E-state index is 12.7. The highest BCUT2D eigenvalue weighted by molar-refractivity contribution is 5.90. The number of nitro benzene ring substituents is 1. The van der Waals surface area contributed by atoms with Gasteiger partial charge >= 0.3 is 5.97 Å². The number of rotatable bonds is 5. The molecule has 4 rings (SSSR count). The molecule has 130 valence electrons. The van der Waals surface area contributed by atoms with Gasteiger partial charge in [0, 0.05) is 18.1 Å². The van der Waals surface area contributed by atoms with Crippen LogP contribution in [0.25, 0.3) is 5.69 Å². The van der Waals surface area contributed by atoms with E-state index in [1.54, 1.807) is 10.7 Å². The Hall–Kier alpha value is -3.48. The number of hydrogen-bond donors (Lipinski definition) is 0. The lowest BCUT2D eigenvalue weighted by molar-refractivity contribution is -0.384. The number of para-hydroxylation sites is 1. The first-order valence-corrected chi connectivity index (χ1v) is 8.24. The summed E-state index contributed by atoms with van der Waals surface area (Å²) in [5.41, 5.74) is 1.92. The second kappa shape index (κ2) is 6.44. The predicted octanol–water partition coefficient (Wildman–Crippen LogP) is 3.88. The van der Waals surface area contributed by atoms with Gasteiger partial charge in [-0.05, 0) is 43.2 Å². The van der Waals surface area contributed by atoms with Gasteiger partial charge in [0.25, 0.3) is 5.69 Å². The summed E-state index contributed by atoms with van der Waals surface area (Å²) in [4.78, 5) is 22.9. The minimum atomic E-state index is -0.554. The Balaban J connectivity index is 1.63. The Bertz CT molecular complexity index is 960. The number of non-ortho nitro benzene ring substituents is 1. The van der Waals surface area contributed by atoms with Crippen LogP contribution in [0, 0.1) is 10.1 Å². The Morgan fingerprint density at radius 1 is 1.12 bits per heavy atom. The fourth-order valence-corrected chi connectivity index (χ4v) is 2.68. The molecule has 0 aliphatic heterocycles. The Labute approximate surface area is 149 Å². The molecule has 0 unspecified atom stereocenters. The molecule has 1 saturated carbocycles. The minimum Gasteiger partial charge on any atom is -0.422 e. The van der Waals surface area contributed by atoms with E-state index in [1.165, 1.54) is 24.3 Å². The molecule has 0 amide bonds. The quantitative estimate of drug-likeness (QED) is 0.302. The van der Waals surface area contributed by atoms with Crippen molar-refractivity contribution in [3.8, 4) is 11.4 Å². The molecule has 2 aromatic carbocycles.